The molecule has 0 aromatic carbocycles. The number of amides is 1. The summed E-state index contributed by atoms with van der Waals surface area (Å²) in [5.74, 6) is -0.0233. The standard InChI is InChI=1S/C14H16N2O5/c1-3-6-16(9-13(17)19-2)14(18)10-8-12(21-15-10)11-5-4-7-20-11/h4-5,7-8H,3,6,9H2,1-2H3. The molecule has 2 heterocycles. The van der Waals surface area contributed by atoms with Gasteiger partial charge in [0.05, 0.1) is 13.4 Å². The van der Waals surface area contributed by atoms with Gasteiger partial charge in [0.2, 0.25) is 5.76 Å². The SMILES string of the molecule is CCCN(CC(=O)OC)C(=O)c1cc(-c2ccco2)on1. The van der Waals surface area contributed by atoms with Crippen molar-refractivity contribution in [3.8, 4) is 11.5 Å². The normalized spacial score (nSPS) is 10.4. The van der Waals surface area contributed by atoms with Crippen molar-refractivity contribution < 1.29 is 23.3 Å². The zero-order valence-electron chi connectivity index (χ0n) is 11.9. The number of hydrogen-bond donors (Lipinski definition) is 0. The molecule has 0 saturated heterocycles. The number of nitrogens with zero attached hydrogens (tertiary/aromatic N) is 2. The Kier molecular flexibility index (Phi) is 4.76. The molecule has 0 saturated carbocycles. The van der Waals surface area contributed by atoms with Gasteiger partial charge in [0, 0.05) is 12.6 Å². The Morgan fingerprint density at radius 3 is 2.81 bits per heavy atom. The van der Waals surface area contributed by atoms with Crippen LogP contribution in [0.1, 0.15) is 23.8 Å². The summed E-state index contributed by atoms with van der Waals surface area (Å²) in [6, 6.07) is 4.90. The molecule has 0 bridgehead atoms. The second-order valence-electron chi connectivity index (χ2n) is 4.36. The van der Waals surface area contributed by atoms with E-state index in [2.05, 4.69) is 9.89 Å². The molecule has 1 amide bonds. The maximum Gasteiger partial charge on any atom is 0.325 e. The van der Waals surface area contributed by atoms with Gasteiger partial charge in [-0.25, -0.2) is 0 Å². The monoisotopic (exact) mass is 292 g/mol. The summed E-state index contributed by atoms with van der Waals surface area (Å²) >= 11 is 0. The van der Waals surface area contributed by atoms with Crippen molar-refractivity contribution in [3.05, 3.63) is 30.2 Å². The zero-order valence-corrected chi connectivity index (χ0v) is 11.9. The van der Waals surface area contributed by atoms with E-state index in [1.54, 1.807) is 12.1 Å². The number of hydrogen-bond acceptors (Lipinski definition) is 6. The van der Waals surface area contributed by atoms with Crippen molar-refractivity contribution in [1.82, 2.24) is 10.1 Å². The molecule has 112 valence electrons. The Morgan fingerprint density at radius 1 is 1.38 bits per heavy atom. The second-order valence-corrected chi connectivity index (χ2v) is 4.36. The van der Waals surface area contributed by atoms with Crippen molar-refractivity contribution >= 4 is 11.9 Å². The Balaban J connectivity index is 2.15. The molecule has 0 fully saturated rings. The van der Waals surface area contributed by atoms with E-state index >= 15 is 0 Å². The Labute approximate surface area is 121 Å². The van der Waals surface area contributed by atoms with E-state index in [0.29, 0.717) is 24.5 Å². The fraction of sp³-hybridized carbons (Fsp3) is 0.357. The lowest BCUT2D eigenvalue weighted by Crippen LogP contribution is -2.36. The first-order valence-electron chi connectivity index (χ1n) is 6.52. The van der Waals surface area contributed by atoms with Crippen LogP contribution in [0.5, 0.6) is 0 Å². The van der Waals surface area contributed by atoms with E-state index in [1.165, 1.54) is 24.3 Å². The van der Waals surface area contributed by atoms with Gasteiger partial charge in [-0.1, -0.05) is 12.1 Å². The Bertz CT molecular complexity index is 603. The number of carbonyl (C=O) groups is 2. The van der Waals surface area contributed by atoms with Crippen LogP contribution in [0.3, 0.4) is 0 Å². The molecule has 0 aliphatic heterocycles. The van der Waals surface area contributed by atoms with Crippen LogP contribution in [0.25, 0.3) is 11.5 Å². The van der Waals surface area contributed by atoms with Gasteiger partial charge in [0.15, 0.2) is 11.5 Å². The summed E-state index contributed by atoms with van der Waals surface area (Å²) in [7, 11) is 1.28. The van der Waals surface area contributed by atoms with Gasteiger partial charge in [-0.3, -0.25) is 9.59 Å². The third kappa shape index (κ3) is 3.50. The van der Waals surface area contributed by atoms with Gasteiger partial charge in [0.1, 0.15) is 6.54 Å². The van der Waals surface area contributed by atoms with Crippen LogP contribution >= 0.6 is 0 Å². The van der Waals surface area contributed by atoms with E-state index in [1.807, 2.05) is 6.92 Å². The third-order valence-corrected chi connectivity index (χ3v) is 2.82. The maximum atomic E-state index is 12.3. The smallest absolute Gasteiger partial charge is 0.325 e. The molecule has 2 aromatic rings. The average Bonchev–Trinajstić information content (AvgIpc) is 3.16. The van der Waals surface area contributed by atoms with Crippen LogP contribution in [0.2, 0.25) is 0 Å². The average molecular weight is 292 g/mol. The van der Waals surface area contributed by atoms with Gasteiger partial charge in [0.25, 0.3) is 5.91 Å². The number of methoxy groups -OCH3 is 1. The molecule has 2 rings (SSSR count). The lowest BCUT2D eigenvalue weighted by atomic mass is 10.2. The summed E-state index contributed by atoms with van der Waals surface area (Å²) in [6.07, 6.45) is 2.21. The molecule has 0 spiro atoms. The van der Waals surface area contributed by atoms with Crippen LogP contribution in [-0.4, -0.2) is 42.1 Å². The molecule has 21 heavy (non-hydrogen) atoms. The lowest BCUT2D eigenvalue weighted by Gasteiger charge is -2.19. The van der Waals surface area contributed by atoms with E-state index < -0.39 is 5.97 Å². The Hall–Kier alpha value is -2.57. The first-order valence-corrected chi connectivity index (χ1v) is 6.52. The summed E-state index contributed by atoms with van der Waals surface area (Å²) in [5, 5.41) is 3.73. The van der Waals surface area contributed by atoms with Gasteiger partial charge < -0.3 is 18.6 Å². The quantitative estimate of drug-likeness (QED) is 0.756. The van der Waals surface area contributed by atoms with Crippen molar-refractivity contribution in [3.63, 3.8) is 0 Å². The van der Waals surface area contributed by atoms with Crippen molar-refractivity contribution in [2.24, 2.45) is 0 Å². The minimum absolute atomic E-state index is 0.119. The highest BCUT2D eigenvalue weighted by Crippen LogP contribution is 2.21. The molecule has 7 nitrogen and oxygen atoms in total. The number of ether oxygens (including phenoxy) is 1. The highest BCUT2D eigenvalue weighted by atomic mass is 16.5. The van der Waals surface area contributed by atoms with E-state index in [0.717, 1.165) is 0 Å². The van der Waals surface area contributed by atoms with Gasteiger partial charge in [-0.15, -0.1) is 0 Å². The highest BCUT2D eigenvalue weighted by Gasteiger charge is 2.22. The molecule has 7 heteroatoms. The summed E-state index contributed by atoms with van der Waals surface area (Å²) in [5.41, 5.74) is 0.124. The molecule has 2 aromatic heterocycles. The van der Waals surface area contributed by atoms with Crippen molar-refractivity contribution in [2.75, 3.05) is 20.2 Å². The summed E-state index contributed by atoms with van der Waals surface area (Å²) in [6.45, 7) is 2.22. The first-order chi connectivity index (χ1) is 10.2. The molecule has 0 aliphatic rings. The van der Waals surface area contributed by atoms with Gasteiger partial charge in [-0.2, -0.15) is 0 Å². The molecule has 0 aliphatic carbocycles. The Morgan fingerprint density at radius 2 is 2.19 bits per heavy atom. The summed E-state index contributed by atoms with van der Waals surface area (Å²) in [4.78, 5) is 25.1. The number of carbonyl (C=O) groups excluding carboxylic acids is 2. The number of furan rings is 1. The first kappa shape index (κ1) is 14.8. The number of aromatic nitrogens is 1. The van der Waals surface area contributed by atoms with Crippen molar-refractivity contribution in [2.45, 2.75) is 13.3 Å². The molecule has 0 unspecified atom stereocenters. The van der Waals surface area contributed by atoms with Gasteiger partial charge in [-0.05, 0) is 18.6 Å². The lowest BCUT2D eigenvalue weighted by molar-refractivity contribution is -0.141. The van der Waals surface area contributed by atoms with E-state index in [-0.39, 0.29) is 18.1 Å². The molecular formula is C14H16N2O5. The number of rotatable bonds is 6. The van der Waals surface area contributed by atoms with Crippen LogP contribution < -0.4 is 0 Å². The molecular weight excluding hydrogens is 276 g/mol. The highest BCUT2D eigenvalue weighted by molar-refractivity contribution is 5.94. The minimum Gasteiger partial charge on any atom is -0.468 e. The van der Waals surface area contributed by atoms with Crippen LogP contribution in [-0.2, 0) is 9.53 Å². The number of esters is 1. The van der Waals surface area contributed by atoms with Crippen molar-refractivity contribution in [1.29, 1.82) is 0 Å². The molecule has 0 atom stereocenters. The van der Waals surface area contributed by atoms with E-state index in [9.17, 15) is 9.59 Å². The largest absolute Gasteiger partial charge is 0.468 e. The van der Waals surface area contributed by atoms with Crippen LogP contribution in [0, 0.1) is 0 Å². The zero-order chi connectivity index (χ0) is 15.2. The fourth-order valence-corrected chi connectivity index (χ4v) is 1.82. The second kappa shape index (κ2) is 6.74. The fourth-order valence-electron chi connectivity index (χ4n) is 1.82. The topological polar surface area (TPSA) is 85.8 Å². The maximum absolute atomic E-state index is 12.3. The van der Waals surface area contributed by atoms with Crippen LogP contribution in [0.4, 0.5) is 0 Å². The third-order valence-electron chi connectivity index (χ3n) is 2.82. The molecule has 0 N–H and O–H groups in total. The minimum atomic E-state index is -0.480. The van der Waals surface area contributed by atoms with Crippen LogP contribution in [0.15, 0.2) is 33.4 Å². The summed E-state index contributed by atoms with van der Waals surface area (Å²) < 4.78 is 14.8. The van der Waals surface area contributed by atoms with Gasteiger partial charge >= 0.3 is 5.97 Å². The van der Waals surface area contributed by atoms with E-state index in [4.69, 9.17) is 8.94 Å². The molecule has 0 radical (unpaired) electrons. The predicted molar refractivity (Wildman–Crippen MR) is 72.4 cm³/mol. The predicted octanol–water partition coefficient (Wildman–Crippen LogP) is 1.96.